The fraction of sp³-hybridized carbons (Fsp3) is 0.176. The maximum atomic E-state index is 12.7. The number of Topliss-reactive ketones (excluding diaryl/α,β-unsaturated/α-hetero) is 1. The monoisotopic (exact) mass is 339 g/mol. The van der Waals surface area contributed by atoms with Crippen LogP contribution < -0.4 is 0 Å². The first-order valence-electron chi connectivity index (χ1n) is 6.99. The molecule has 114 valence electrons. The van der Waals surface area contributed by atoms with E-state index < -0.39 is 5.92 Å². The van der Waals surface area contributed by atoms with E-state index in [0.717, 1.165) is 16.3 Å². The van der Waals surface area contributed by atoms with Crippen LogP contribution in [-0.4, -0.2) is 15.8 Å². The summed E-state index contributed by atoms with van der Waals surface area (Å²) in [5, 5.41) is 12.7. The summed E-state index contributed by atoms with van der Waals surface area (Å²) in [4.78, 5) is 22.0. The van der Waals surface area contributed by atoms with Crippen LogP contribution in [0.15, 0.2) is 35.7 Å². The maximum Gasteiger partial charge on any atom is 0.198 e. The van der Waals surface area contributed by atoms with Crippen LogP contribution in [0.1, 0.15) is 31.3 Å². The number of rotatable bonds is 4. The van der Waals surface area contributed by atoms with Crippen LogP contribution in [0.2, 0.25) is 0 Å². The molecule has 23 heavy (non-hydrogen) atoms. The molecule has 0 saturated heterocycles. The van der Waals surface area contributed by atoms with Crippen molar-refractivity contribution in [3.8, 4) is 17.3 Å². The second kappa shape index (κ2) is 6.41. The van der Waals surface area contributed by atoms with Gasteiger partial charge in [0.1, 0.15) is 5.01 Å². The van der Waals surface area contributed by atoms with E-state index in [2.05, 4.69) is 16.0 Å². The van der Waals surface area contributed by atoms with Gasteiger partial charge in [-0.15, -0.1) is 22.7 Å². The van der Waals surface area contributed by atoms with Crippen molar-refractivity contribution in [2.24, 2.45) is 0 Å². The molecule has 1 aromatic carbocycles. The van der Waals surface area contributed by atoms with Crippen molar-refractivity contribution in [2.45, 2.75) is 19.8 Å². The quantitative estimate of drug-likeness (QED) is 0.662. The number of nitriles is 1. The molecule has 0 saturated carbocycles. The lowest BCUT2D eigenvalue weighted by Gasteiger charge is -2.03. The number of carbonyl (C=O) groups excluding carboxylic acids is 1. The average molecular weight is 339 g/mol. The van der Waals surface area contributed by atoms with Gasteiger partial charge in [0.05, 0.1) is 27.3 Å². The number of aryl methyl sites for hydroxylation is 2. The second-order valence-electron chi connectivity index (χ2n) is 5.01. The van der Waals surface area contributed by atoms with E-state index in [1.807, 2.05) is 42.6 Å². The molecule has 0 amide bonds. The minimum atomic E-state index is -0.879. The van der Waals surface area contributed by atoms with Crippen molar-refractivity contribution in [1.29, 1.82) is 5.26 Å². The van der Waals surface area contributed by atoms with Crippen molar-refractivity contribution in [1.82, 2.24) is 9.97 Å². The summed E-state index contributed by atoms with van der Waals surface area (Å²) in [6.45, 7) is 3.65. The van der Waals surface area contributed by atoms with Crippen molar-refractivity contribution >= 4 is 28.5 Å². The Bertz CT molecular complexity index is 890. The molecule has 3 aromatic rings. The fourth-order valence-corrected chi connectivity index (χ4v) is 4.04. The van der Waals surface area contributed by atoms with E-state index in [1.54, 1.807) is 6.92 Å². The number of benzene rings is 1. The Kier molecular flexibility index (Phi) is 4.33. The minimum absolute atomic E-state index is 0.218. The van der Waals surface area contributed by atoms with Gasteiger partial charge in [0.25, 0.3) is 0 Å². The molecule has 6 heteroatoms. The van der Waals surface area contributed by atoms with Gasteiger partial charge in [-0.05, 0) is 13.8 Å². The number of hydrogen-bond donors (Lipinski definition) is 0. The van der Waals surface area contributed by atoms with Crippen molar-refractivity contribution < 1.29 is 4.79 Å². The van der Waals surface area contributed by atoms with Crippen LogP contribution >= 0.6 is 22.7 Å². The van der Waals surface area contributed by atoms with Gasteiger partial charge in [0.2, 0.25) is 0 Å². The molecule has 4 nitrogen and oxygen atoms in total. The van der Waals surface area contributed by atoms with Crippen LogP contribution in [0, 0.1) is 25.2 Å². The van der Waals surface area contributed by atoms with Crippen LogP contribution in [-0.2, 0) is 0 Å². The second-order valence-corrected chi connectivity index (χ2v) is 7.10. The summed E-state index contributed by atoms with van der Waals surface area (Å²) in [6, 6.07) is 11.8. The number of hydrogen-bond acceptors (Lipinski definition) is 6. The standard InChI is InChI=1S/C17H13N3OS2/c1-10-16(23-11(2)19-10)15(21)13(8-18)17-20-14(9-22-17)12-6-4-3-5-7-12/h3-7,9,13H,1-2H3. The third-order valence-electron chi connectivity index (χ3n) is 3.36. The van der Waals surface area contributed by atoms with Crippen molar-refractivity contribution in [3.05, 3.63) is 56.3 Å². The summed E-state index contributed by atoms with van der Waals surface area (Å²) in [5.74, 6) is -1.10. The number of aromatic nitrogens is 2. The lowest BCUT2D eigenvalue weighted by atomic mass is 10.0. The predicted octanol–water partition coefficient (Wildman–Crippen LogP) is 4.37. The number of ketones is 1. The molecule has 0 bridgehead atoms. The van der Waals surface area contributed by atoms with Crippen LogP contribution in [0.4, 0.5) is 0 Å². The first kappa shape index (κ1) is 15.5. The molecule has 0 radical (unpaired) electrons. The van der Waals surface area contributed by atoms with E-state index in [4.69, 9.17) is 0 Å². The van der Waals surface area contributed by atoms with Crippen molar-refractivity contribution in [2.75, 3.05) is 0 Å². The molecule has 0 aliphatic carbocycles. The van der Waals surface area contributed by atoms with E-state index in [-0.39, 0.29) is 5.78 Å². The molecule has 0 aliphatic rings. The van der Waals surface area contributed by atoms with E-state index in [9.17, 15) is 10.1 Å². The predicted molar refractivity (Wildman–Crippen MR) is 91.8 cm³/mol. The van der Waals surface area contributed by atoms with Gasteiger partial charge in [-0.2, -0.15) is 5.26 Å². The number of thiazole rings is 2. The van der Waals surface area contributed by atoms with Gasteiger partial charge in [-0.25, -0.2) is 9.97 Å². The normalized spacial score (nSPS) is 11.9. The Balaban J connectivity index is 1.93. The Hall–Kier alpha value is -2.36. The molecular weight excluding hydrogens is 326 g/mol. The molecule has 2 aromatic heterocycles. The zero-order valence-corrected chi connectivity index (χ0v) is 14.2. The van der Waals surface area contributed by atoms with Gasteiger partial charge in [0.15, 0.2) is 11.7 Å². The Labute approximate surface area is 142 Å². The van der Waals surface area contributed by atoms with Gasteiger partial charge in [-0.1, -0.05) is 30.3 Å². The highest BCUT2D eigenvalue weighted by molar-refractivity contribution is 7.14. The van der Waals surface area contributed by atoms with E-state index >= 15 is 0 Å². The highest BCUT2D eigenvalue weighted by Crippen LogP contribution is 2.30. The summed E-state index contributed by atoms with van der Waals surface area (Å²) in [6.07, 6.45) is 0. The molecule has 3 rings (SSSR count). The summed E-state index contributed by atoms with van der Waals surface area (Å²) >= 11 is 2.67. The Morgan fingerprint density at radius 1 is 1.22 bits per heavy atom. The molecule has 0 spiro atoms. The highest BCUT2D eigenvalue weighted by Gasteiger charge is 2.28. The highest BCUT2D eigenvalue weighted by atomic mass is 32.1. The SMILES string of the molecule is Cc1nc(C)c(C(=O)C(C#N)c2nc(-c3ccccc3)cs2)s1. The zero-order chi connectivity index (χ0) is 16.4. The minimum Gasteiger partial charge on any atom is -0.291 e. The Morgan fingerprint density at radius 2 is 1.96 bits per heavy atom. The van der Waals surface area contributed by atoms with Gasteiger partial charge in [-0.3, -0.25) is 4.79 Å². The van der Waals surface area contributed by atoms with Gasteiger partial charge < -0.3 is 0 Å². The van der Waals surface area contributed by atoms with Crippen LogP contribution in [0.25, 0.3) is 11.3 Å². The molecule has 1 unspecified atom stereocenters. The lowest BCUT2D eigenvalue weighted by Crippen LogP contribution is -2.10. The smallest absolute Gasteiger partial charge is 0.198 e. The van der Waals surface area contributed by atoms with Crippen molar-refractivity contribution in [3.63, 3.8) is 0 Å². The molecular formula is C17H13N3OS2. The first-order valence-corrected chi connectivity index (χ1v) is 8.68. The maximum absolute atomic E-state index is 12.7. The number of nitrogens with zero attached hydrogens (tertiary/aromatic N) is 3. The Morgan fingerprint density at radius 3 is 2.57 bits per heavy atom. The topological polar surface area (TPSA) is 66.6 Å². The van der Waals surface area contributed by atoms with Gasteiger partial charge in [0, 0.05) is 10.9 Å². The van der Waals surface area contributed by atoms with E-state index in [0.29, 0.717) is 15.6 Å². The largest absolute Gasteiger partial charge is 0.291 e. The zero-order valence-electron chi connectivity index (χ0n) is 12.6. The average Bonchev–Trinajstić information content (AvgIpc) is 3.15. The van der Waals surface area contributed by atoms with E-state index in [1.165, 1.54) is 22.7 Å². The first-order chi connectivity index (χ1) is 11.1. The molecule has 0 fully saturated rings. The molecule has 0 aliphatic heterocycles. The lowest BCUT2D eigenvalue weighted by molar-refractivity contribution is 0.0982. The summed E-state index contributed by atoms with van der Waals surface area (Å²) in [5.41, 5.74) is 2.44. The van der Waals surface area contributed by atoms with Gasteiger partial charge >= 0.3 is 0 Å². The molecule has 1 atom stereocenters. The third kappa shape index (κ3) is 3.07. The van der Waals surface area contributed by atoms with Crippen LogP contribution in [0.5, 0.6) is 0 Å². The molecule has 2 heterocycles. The summed E-state index contributed by atoms with van der Waals surface area (Å²) in [7, 11) is 0. The van der Waals surface area contributed by atoms with Crippen LogP contribution in [0.3, 0.4) is 0 Å². The summed E-state index contributed by atoms with van der Waals surface area (Å²) < 4.78 is 0. The third-order valence-corrected chi connectivity index (χ3v) is 5.35. The number of carbonyl (C=O) groups is 1. The molecule has 0 N–H and O–H groups in total. The fourth-order valence-electron chi connectivity index (χ4n) is 2.28.